The molecule has 8 nitrogen and oxygen atoms in total. The molecule has 1 aromatic heterocycles. The summed E-state index contributed by atoms with van der Waals surface area (Å²) in [5, 5.41) is 3.24. The van der Waals surface area contributed by atoms with Crippen LogP contribution in [0.5, 0.6) is 5.75 Å². The van der Waals surface area contributed by atoms with Gasteiger partial charge in [0.05, 0.1) is 5.56 Å². The summed E-state index contributed by atoms with van der Waals surface area (Å²) >= 11 is 5.86. The molecule has 0 saturated heterocycles. The third-order valence-electron chi connectivity index (χ3n) is 3.36. The van der Waals surface area contributed by atoms with Gasteiger partial charge < -0.3 is 21.5 Å². The minimum absolute atomic E-state index is 0.0283. The van der Waals surface area contributed by atoms with Crippen molar-refractivity contribution in [1.82, 2.24) is 15.0 Å². The van der Waals surface area contributed by atoms with Gasteiger partial charge in [-0.3, -0.25) is 4.79 Å². The van der Waals surface area contributed by atoms with E-state index in [1.807, 2.05) is 0 Å². The molecule has 0 fully saturated rings. The lowest BCUT2D eigenvalue weighted by Gasteiger charge is -2.11. The van der Waals surface area contributed by atoms with Gasteiger partial charge in [0, 0.05) is 10.7 Å². The quantitative estimate of drug-likeness (QED) is 0.591. The number of amides is 1. The van der Waals surface area contributed by atoms with E-state index in [9.17, 15) is 9.18 Å². The summed E-state index contributed by atoms with van der Waals surface area (Å²) in [5.74, 6) is -0.450. The number of benzene rings is 2. The minimum atomic E-state index is -0.679. The van der Waals surface area contributed by atoms with E-state index in [0.717, 1.165) is 0 Å². The second kappa shape index (κ2) is 7.83. The third-order valence-corrected chi connectivity index (χ3v) is 3.60. The number of ether oxygens (including phenoxy) is 1. The van der Waals surface area contributed by atoms with Gasteiger partial charge in [-0.25, -0.2) is 4.39 Å². The van der Waals surface area contributed by atoms with E-state index in [2.05, 4.69) is 20.3 Å². The van der Waals surface area contributed by atoms with Crippen LogP contribution in [0.4, 0.5) is 22.0 Å². The minimum Gasteiger partial charge on any atom is -0.485 e. The normalized spacial score (nSPS) is 10.4. The smallest absolute Gasteiger partial charge is 0.252 e. The Balaban J connectivity index is 1.77. The van der Waals surface area contributed by atoms with Gasteiger partial charge >= 0.3 is 0 Å². The molecule has 1 amide bonds. The highest BCUT2D eigenvalue weighted by Gasteiger charge is 2.12. The van der Waals surface area contributed by atoms with E-state index in [1.165, 1.54) is 36.4 Å². The van der Waals surface area contributed by atoms with E-state index in [4.69, 9.17) is 27.8 Å². The lowest BCUT2D eigenvalue weighted by Crippen LogP contribution is -2.14. The largest absolute Gasteiger partial charge is 0.485 e. The van der Waals surface area contributed by atoms with Crippen LogP contribution >= 0.6 is 11.6 Å². The number of nitrogens with two attached hydrogens (primary N) is 2. The Morgan fingerprint density at radius 2 is 1.89 bits per heavy atom. The highest BCUT2D eigenvalue weighted by Crippen LogP contribution is 2.23. The van der Waals surface area contributed by atoms with E-state index >= 15 is 0 Å². The molecule has 0 bridgehead atoms. The molecule has 3 aromatic rings. The number of primary amides is 1. The molecule has 0 atom stereocenters. The van der Waals surface area contributed by atoms with Crippen LogP contribution in [0.15, 0.2) is 42.5 Å². The Morgan fingerprint density at radius 3 is 2.59 bits per heavy atom. The first-order chi connectivity index (χ1) is 12.9. The number of carbonyl (C=O) groups is 1. The molecule has 0 aliphatic carbocycles. The number of anilines is 3. The summed E-state index contributed by atoms with van der Waals surface area (Å²) in [5.41, 5.74) is 11.7. The number of nitrogen functional groups attached to an aromatic ring is 1. The monoisotopic (exact) mass is 388 g/mol. The molecule has 138 valence electrons. The number of hydrogen-bond donors (Lipinski definition) is 3. The summed E-state index contributed by atoms with van der Waals surface area (Å²) in [6, 6.07) is 10.1. The summed E-state index contributed by atoms with van der Waals surface area (Å²) in [7, 11) is 0. The van der Waals surface area contributed by atoms with Crippen molar-refractivity contribution in [3.05, 3.63) is 64.7 Å². The van der Waals surface area contributed by atoms with Crippen LogP contribution in [-0.2, 0) is 6.61 Å². The van der Waals surface area contributed by atoms with Crippen LogP contribution in [0.2, 0.25) is 5.02 Å². The number of aromatic nitrogens is 3. The van der Waals surface area contributed by atoms with Gasteiger partial charge in [-0.1, -0.05) is 11.6 Å². The molecule has 2 aromatic carbocycles. The average Bonchev–Trinajstić information content (AvgIpc) is 2.62. The number of nitrogens with one attached hydrogen (secondary N) is 1. The maximum atomic E-state index is 13.0. The Kier molecular flexibility index (Phi) is 5.32. The number of nitrogens with zero attached hydrogens (tertiary/aromatic N) is 3. The highest BCUT2D eigenvalue weighted by atomic mass is 35.5. The van der Waals surface area contributed by atoms with Crippen molar-refractivity contribution in [1.29, 1.82) is 0 Å². The molecule has 27 heavy (non-hydrogen) atoms. The molecule has 5 N–H and O–H groups in total. The van der Waals surface area contributed by atoms with Gasteiger partial charge in [0.15, 0.2) is 5.82 Å². The van der Waals surface area contributed by atoms with E-state index in [0.29, 0.717) is 10.7 Å². The molecule has 0 spiro atoms. The Morgan fingerprint density at radius 1 is 1.15 bits per heavy atom. The molecule has 10 heteroatoms. The molecule has 1 heterocycles. The second-order valence-electron chi connectivity index (χ2n) is 5.36. The Labute approximate surface area is 158 Å². The van der Waals surface area contributed by atoms with E-state index in [1.54, 1.807) is 6.07 Å². The fraction of sp³-hybridized carbons (Fsp3) is 0.0588. The predicted octanol–water partition coefficient (Wildman–Crippen LogP) is 2.67. The lowest BCUT2D eigenvalue weighted by molar-refractivity contribution is 0.0995. The first-order valence-corrected chi connectivity index (χ1v) is 8.03. The standard InChI is InChI=1S/C17H14ClFN6O2/c18-9-1-6-13(12(7-9)15(20)26)27-8-14-23-16(21)25-17(24-14)22-11-4-2-10(19)3-5-11/h1-7H,8H2,(H2,20,26)(H3,21,22,23,24,25). The number of carbonyl (C=O) groups excluding carboxylic acids is 1. The molecular weight excluding hydrogens is 375 g/mol. The van der Waals surface area contributed by atoms with Gasteiger partial charge in [-0.2, -0.15) is 15.0 Å². The van der Waals surface area contributed by atoms with Crippen LogP contribution in [0.25, 0.3) is 0 Å². The molecule has 0 radical (unpaired) electrons. The van der Waals surface area contributed by atoms with Crippen molar-refractivity contribution in [3.63, 3.8) is 0 Å². The van der Waals surface area contributed by atoms with Crippen molar-refractivity contribution in [2.75, 3.05) is 11.1 Å². The van der Waals surface area contributed by atoms with Gasteiger partial charge in [0.25, 0.3) is 5.91 Å². The lowest BCUT2D eigenvalue weighted by atomic mass is 10.2. The van der Waals surface area contributed by atoms with Crippen LogP contribution in [0.1, 0.15) is 16.2 Å². The highest BCUT2D eigenvalue weighted by molar-refractivity contribution is 6.31. The van der Waals surface area contributed by atoms with Crippen LogP contribution in [0.3, 0.4) is 0 Å². The van der Waals surface area contributed by atoms with Crippen LogP contribution < -0.4 is 21.5 Å². The van der Waals surface area contributed by atoms with E-state index in [-0.39, 0.29) is 41.5 Å². The number of halogens is 2. The zero-order valence-corrected chi connectivity index (χ0v) is 14.6. The van der Waals surface area contributed by atoms with E-state index < -0.39 is 5.91 Å². The average molecular weight is 389 g/mol. The molecule has 0 saturated carbocycles. The third kappa shape index (κ3) is 4.79. The fourth-order valence-electron chi connectivity index (χ4n) is 2.18. The second-order valence-corrected chi connectivity index (χ2v) is 5.80. The van der Waals surface area contributed by atoms with Crippen LogP contribution in [0, 0.1) is 5.82 Å². The SMILES string of the molecule is NC(=O)c1cc(Cl)ccc1OCc1nc(N)nc(Nc2ccc(F)cc2)n1. The number of rotatable bonds is 6. The van der Waals surface area contributed by atoms with Crippen LogP contribution in [-0.4, -0.2) is 20.9 Å². The van der Waals surface area contributed by atoms with Gasteiger partial charge in [0.1, 0.15) is 18.2 Å². The van der Waals surface area contributed by atoms with Crippen molar-refractivity contribution in [3.8, 4) is 5.75 Å². The van der Waals surface area contributed by atoms with Gasteiger partial charge in [-0.15, -0.1) is 0 Å². The maximum absolute atomic E-state index is 13.0. The van der Waals surface area contributed by atoms with Gasteiger partial charge in [-0.05, 0) is 42.5 Å². The first kappa shape index (κ1) is 18.3. The molecule has 0 aliphatic heterocycles. The van der Waals surface area contributed by atoms with Crippen molar-refractivity contribution < 1.29 is 13.9 Å². The molecular formula is C17H14ClFN6O2. The molecule has 0 aliphatic rings. The topological polar surface area (TPSA) is 129 Å². The molecule has 3 rings (SSSR count). The van der Waals surface area contributed by atoms with Crippen molar-refractivity contribution in [2.45, 2.75) is 6.61 Å². The zero-order chi connectivity index (χ0) is 19.4. The maximum Gasteiger partial charge on any atom is 0.252 e. The Hall–Kier alpha value is -3.46. The Bertz CT molecular complexity index is 984. The summed E-state index contributed by atoms with van der Waals surface area (Å²) in [6.45, 7) is -0.0905. The van der Waals surface area contributed by atoms with Crippen molar-refractivity contribution >= 4 is 35.1 Å². The summed E-state index contributed by atoms with van der Waals surface area (Å²) in [6.07, 6.45) is 0. The predicted molar refractivity (Wildman–Crippen MR) is 98.2 cm³/mol. The molecule has 0 unspecified atom stereocenters. The number of hydrogen-bond acceptors (Lipinski definition) is 7. The fourth-order valence-corrected chi connectivity index (χ4v) is 2.36. The van der Waals surface area contributed by atoms with Gasteiger partial charge in [0.2, 0.25) is 11.9 Å². The summed E-state index contributed by atoms with van der Waals surface area (Å²) in [4.78, 5) is 23.6. The first-order valence-electron chi connectivity index (χ1n) is 7.66. The van der Waals surface area contributed by atoms with Crippen molar-refractivity contribution in [2.24, 2.45) is 5.73 Å². The summed E-state index contributed by atoms with van der Waals surface area (Å²) < 4.78 is 18.6. The zero-order valence-electron chi connectivity index (χ0n) is 13.8.